The summed E-state index contributed by atoms with van der Waals surface area (Å²) in [7, 11) is 0. The molecule has 4 heteroatoms. The summed E-state index contributed by atoms with van der Waals surface area (Å²) in [6.07, 6.45) is 23.7. The second-order valence-electron chi connectivity index (χ2n) is 7.27. The molecule has 0 aromatic carbocycles. The number of carboxylic acid groups (broad SMARTS) is 1. The lowest BCUT2D eigenvalue weighted by atomic mass is 10.0. The van der Waals surface area contributed by atoms with Crippen LogP contribution in [-0.2, 0) is 4.79 Å². The molecule has 0 aliphatic rings. The lowest BCUT2D eigenvalue weighted by molar-refractivity contribution is -0.137. The molecule has 152 valence electrons. The summed E-state index contributed by atoms with van der Waals surface area (Å²) in [5, 5.41) is 8.52. The van der Waals surface area contributed by atoms with Crippen LogP contribution in [0.15, 0.2) is 12.4 Å². The van der Waals surface area contributed by atoms with E-state index >= 15 is 0 Å². The van der Waals surface area contributed by atoms with Crippen molar-refractivity contribution in [3.8, 4) is 0 Å². The second-order valence-corrected chi connectivity index (χ2v) is 7.27. The normalized spacial score (nSPS) is 10.4. The van der Waals surface area contributed by atoms with Crippen LogP contribution in [0.25, 0.3) is 0 Å². The van der Waals surface area contributed by atoms with E-state index in [0.717, 1.165) is 18.7 Å². The average Bonchev–Trinajstić information content (AvgIpc) is 3.09. The fourth-order valence-electron chi connectivity index (χ4n) is 2.99. The highest BCUT2D eigenvalue weighted by Crippen LogP contribution is 2.13. The van der Waals surface area contributed by atoms with E-state index in [1.54, 1.807) is 12.4 Å². The van der Waals surface area contributed by atoms with Crippen molar-refractivity contribution in [1.29, 1.82) is 0 Å². The van der Waals surface area contributed by atoms with Crippen LogP contribution >= 0.6 is 0 Å². The predicted molar refractivity (Wildman–Crippen MR) is 111 cm³/mol. The molecule has 2 N–H and O–H groups in total. The van der Waals surface area contributed by atoms with E-state index in [9.17, 15) is 4.79 Å². The van der Waals surface area contributed by atoms with Crippen molar-refractivity contribution in [2.24, 2.45) is 0 Å². The molecule has 0 saturated carbocycles. The van der Waals surface area contributed by atoms with Crippen LogP contribution in [0.1, 0.15) is 115 Å². The third-order valence-electron chi connectivity index (χ3n) is 4.63. The topological polar surface area (TPSA) is 66.0 Å². The van der Waals surface area contributed by atoms with Crippen molar-refractivity contribution in [3.05, 3.63) is 18.2 Å². The molecule has 0 amide bonds. The van der Waals surface area contributed by atoms with Crippen LogP contribution in [0.3, 0.4) is 0 Å². The molecule has 0 aliphatic heterocycles. The maximum Gasteiger partial charge on any atom is 0.303 e. The number of imidazole rings is 1. The number of aromatic nitrogens is 2. The second kappa shape index (κ2) is 20.0. The molecule has 1 rings (SSSR count). The van der Waals surface area contributed by atoms with Crippen LogP contribution in [0.4, 0.5) is 0 Å². The highest BCUT2D eigenvalue weighted by molar-refractivity contribution is 5.66. The van der Waals surface area contributed by atoms with Gasteiger partial charge in [0.15, 0.2) is 0 Å². The first-order valence-corrected chi connectivity index (χ1v) is 10.8. The number of nitrogens with one attached hydrogen (secondary N) is 1. The molecular formula is C22H42N2O2. The number of H-pyrrole nitrogens is 1. The number of hydrogen-bond donors (Lipinski definition) is 2. The largest absolute Gasteiger partial charge is 0.481 e. The van der Waals surface area contributed by atoms with Gasteiger partial charge in [-0.25, -0.2) is 4.98 Å². The molecule has 0 saturated heterocycles. The van der Waals surface area contributed by atoms with Crippen molar-refractivity contribution in [2.45, 2.75) is 117 Å². The molecular weight excluding hydrogens is 324 g/mol. The van der Waals surface area contributed by atoms with Crippen molar-refractivity contribution in [2.75, 3.05) is 0 Å². The SMILES string of the molecule is CCCCCCCCCCCCCCCCCC(=O)O.Cc1ncc[nH]1. The molecule has 0 atom stereocenters. The minimum absolute atomic E-state index is 0.345. The van der Waals surface area contributed by atoms with Crippen molar-refractivity contribution < 1.29 is 9.90 Å². The van der Waals surface area contributed by atoms with Crippen LogP contribution in [0.2, 0.25) is 0 Å². The first kappa shape index (κ1) is 24.7. The highest BCUT2D eigenvalue weighted by atomic mass is 16.4. The number of carbonyl (C=O) groups is 1. The fraction of sp³-hybridized carbons (Fsp3) is 0.818. The van der Waals surface area contributed by atoms with Crippen LogP contribution < -0.4 is 0 Å². The number of carboxylic acids is 1. The molecule has 0 spiro atoms. The monoisotopic (exact) mass is 366 g/mol. The lowest BCUT2D eigenvalue weighted by Crippen LogP contribution is -1.93. The molecule has 1 aromatic rings. The van der Waals surface area contributed by atoms with Crippen LogP contribution in [0, 0.1) is 6.92 Å². The fourth-order valence-corrected chi connectivity index (χ4v) is 2.99. The Morgan fingerprint density at radius 2 is 1.27 bits per heavy atom. The number of aromatic amines is 1. The Hall–Kier alpha value is -1.32. The third-order valence-corrected chi connectivity index (χ3v) is 4.63. The molecule has 1 aromatic heterocycles. The molecule has 4 nitrogen and oxygen atoms in total. The number of nitrogens with zero attached hydrogens (tertiary/aromatic N) is 1. The average molecular weight is 367 g/mol. The Labute approximate surface area is 161 Å². The lowest BCUT2D eigenvalue weighted by Gasteiger charge is -2.03. The van der Waals surface area contributed by atoms with Crippen molar-refractivity contribution in [1.82, 2.24) is 9.97 Å². The summed E-state index contributed by atoms with van der Waals surface area (Å²) in [5.41, 5.74) is 0. The van der Waals surface area contributed by atoms with E-state index in [4.69, 9.17) is 5.11 Å². The van der Waals surface area contributed by atoms with Gasteiger partial charge in [-0.1, -0.05) is 96.8 Å². The Kier molecular flexibility index (Phi) is 19.0. The third kappa shape index (κ3) is 20.7. The van der Waals surface area contributed by atoms with Gasteiger partial charge in [0.2, 0.25) is 0 Å². The highest BCUT2D eigenvalue weighted by Gasteiger charge is 1.97. The van der Waals surface area contributed by atoms with E-state index in [2.05, 4.69) is 16.9 Å². The Bertz CT molecular complexity index is 391. The van der Waals surface area contributed by atoms with Gasteiger partial charge >= 0.3 is 5.97 Å². The molecule has 26 heavy (non-hydrogen) atoms. The summed E-state index contributed by atoms with van der Waals surface area (Å²) in [4.78, 5) is 17.1. The van der Waals surface area contributed by atoms with E-state index < -0.39 is 5.97 Å². The van der Waals surface area contributed by atoms with Gasteiger partial charge in [0.1, 0.15) is 5.82 Å². The quantitative estimate of drug-likeness (QED) is 0.308. The first-order valence-electron chi connectivity index (χ1n) is 10.8. The summed E-state index contributed by atoms with van der Waals surface area (Å²) < 4.78 is 0. The number of hydrogen-bond acceptors (Lipinski definition) is 2. The number of aryl methyl sites for hydroxylation is 1. The van der Waals surface area contributed by atoms with Gasteiger partial charge in [-0.2, -0.15) is 0 Å². The van der Waals surface area contributed by atoms with Crippen molar-refractivity contribution >= 4 is 5.97 Å². The molecule has 0 fully saturated rings. The van der Waals surface area contributed by atoms with Crippen LogP contribution in [-0.4, -0.2) is 21.0 Å². The molecule has 0 aliphatic carbocycles. The minimum atomic E-state index is -0.653. The van der Waals surface area contributed by atoms with Crippen molar-refractivity contribution in [3.63, 3.8) is 0 Å². The summed E-state index contributed by atoms with van der Waals surface area (Å²) in [5.74, 6) is 0.315. The summed E-state index contributed by atoms with van der Waals surface area (Å²) >= 11 is 0. The number of aliphatic carboxylic acids is 1. The zero-order chi connectivity index (χ0) is 19.3. The minimum Gasteiger partial charge on any atom is -0.481 e. The van der Waals surface area contributed by atoms with Crippen LogP contribution in [0.5, 0.6) is 0 Å². The summed E-state index contributed by atoms with van der Waals surface area (Å²) in [6.45, 7) is 4.19. The molecule has 1 heterocycles. The van der Waals surface area contributed by atoms with E-state index in [1.165, 1.54) is 83.5 Å². The van der Waals surface area contributed by atoms with Gasteiger partial charge in [-0.15, -0.1) is 0 Å². The Balaban J connectivity index is 0.000000867. The van der Waals surface area contributed by atoms with Gasteiger partial charge in [0.05, 0.1) is 0 Å². The van der Waals surface area contributed by atoms with Gasteiger partial charge in [-0.3, -0.25) is 4.79 Å². The standard InChI is InChI=1S/C18H36O2.C4H6N2/c1-2-3-4-5-6-7-8-9-10-11-12-13-14-15-16-17-18(19)20;1-4-5-2-3-6-4/h2-17H2,1H3,(H,19,20);2-3H,1H3,(H,5,6). The van der Waals surface area contributed by atoms with Gasteiger partial charge < -0.3 is 10.1 Å². The molecule has 0 bridgehead atoms. The first-order chi connectivity index (χ1) is 12.7. The molecule has 0 unspecified atom stereocenters. The van der Waals surface area contributed by atoms with E-state index in [0.29, 0.717) is 6.42 Å². The molecule has 0 radical (unpaired) electrons. The van der Waals surface area contributed by atoms with E-state index in [1.807, 2.05) is 6.92 Å². The summed E-state index contributed by atoms with van der Waals surface area (Å²) in [6, 6.07) is 0. The maximum atomic E-state index is 10.3. The van der Waals surface area contributed by atoms with Gasteiger partial charge in [0.25, 0.3) is 0 Å². The maximum absolute atomic E-state index is 10.3. The van der Waals surface area contributed by atoms with Gasteiger partial charge in [-0.05, 0) is 13.3 Å². The smallest absolute Gasteiger partial charge is 0.303 e. The Morgan fingerprint density at radius 1 is 0.846 bits per heavy atom. The zero-order valence-electron chi connectivity index (χ0n) is 17.3. The number of rotatable bonds is 16. The zero-order valence-corrected chi connectivity index (χ0v) is 17.3. The van der Waals surface area contributed by atoms with E-state index in [-0.39, 0.29) is 0 Å². The predicted octanol–water partition coefficient (Wildman–Crippen LogP) is 7.05. The van der Waals surface area contributed by atoms with Gasteiger partial charge in [0, 0.05) is 18.8 Å². The number of unbranched alkanes of at least 4 members (excludes halogenated alkanes) is 14. The Morgan fingerprint density at radius 3 is 1.54 bits per heavy atom.